The van der Waals surface area contributed by atoms with Crippen LogP contribution in [0, 0.1) is 0 Å². The number of benzene rings is 8. The number of hydrogen-bond acceptors (Lipinski definition) is 0. The second-order valence-corrected chi connectivity index (χ2v) is 17.5. The van der Waals surface area contributed by atoms with E-state index >= 15 is 0 Å². The van der Waals surface area contributed by atoms with Gasteiger partial charge in [0.2, 0.25) is 0 Å². The Hall–Kier alpha value is -5.20. The molecule has 0 aromatic heterocycles. The smallest absolute Gasteiger partial charge is 0.0159 e. The van der Waals surface area contributed by atoms with Gasteiger partial charge in [0.25, 0.3) is 0 Å². The summed E-state index contributed by atoms with van der Waals surface area (Å²) in [7, 11) is 0. The van der Waals surface area contributed by atoms with Gasteiger partial charge >= 0.3 is 0 Å². The van der Waals surface area contributed by atoms with Gasteiger partial charge in [0.1, 0.15) is 0 Å². The number of rotatable bonds is 3. The maximum Gasteiger partial charge on any atom is 0.0159 e. The van der Waals surface area contributed by atoms with E-state index in [1.54, 1.807) is 0 Å². The van der Waals surface area contributed by atoms with Gasteiger partial charge < -0.3 is 0 Å². The Bertz CT molecular complexity index is 2630. The lowest BCUT2D eigenvalue weighted by Gasteiger charge is -2.25. The number of hydrogen-bond donors (Lipinski definition) is 0. The van der Waals surface area contributed by atoms with Gasteiger partial charge in [-0.25, -0.2) is 0 Å². The highest BCUT2D eigenvalue weighted by Gasteiger charge is 2.35. The predicted molar refractivity (Wildman–Crippen MR) is 221 cm³/mol. The van der Waals surface area contributed by atoms with Gasteiger partial charge in [0.05, 0.1) is 0 Å². The van der Waals surface area contributed by atoms with Crippen LogP contribution in [0.4, 0.5) is 0 Å². The molecule has 0 unspecified atom stereocenters. The fourth-order valence-electron chi connectivity index (χ4n) is 8.61. The molecule has 51 heavy (non-hydrogen) atoms. The van der Waals surface area contributed by atoms with E-state index in [1.165, 1.54) is 99.1 Å². The van der Waals surface area contributed by atoms with E-state index in [0.717, 1.165) is 0 Å². The fourth-order valence-corrected chi connectivity index (χ4v) is 8.61. The van der Waals surface area contributed by atoms with Crippen molar-refractivity contribution < 1.29 is 0 Å². The first kappa shape index (κ1) is 31.8. The molecule has 250 valence electrons. The minimum absolute atomic E-state index is 0.000703. The van der Waals surface area contributed by atoms with Crippen molar-refractivity contribution in [1.82, 2.24) is 0 Å². The summed E-state index contributed by atoms with van der Waals surface area (Å²) < 4.78 is 0. The maximum absolute atomic E-state index is 2.46. The van der Waals surface area contributed by atoms with Gasteiger partial charge in [-0.05, 0) is 128 Å². The van der Waals surface area contributed by atoms with Crippen LogP contribution >= 0.6 is 0 Å². The SMILES string of the molecule is CC(C)(C)c1cc2ccc3cc(C(C)(C)C)cc4c(-c5ccc(-c6ccc(-c7ccc8c(c7)C(C)(C)c7ccccc7-8)cc6)cc5)cc(c1)c2c34. The number of fused-ring (bicyclic) bond motifs is 3. The Morgan fingerprint density at radius 2 is 0.863 bits per heavy atom. The Morgan fingerprint density at radius 3 is 1.49 bits per heavy atom. The first-order valence-electron chi connectivity index (χ1n) is 18.5. The zero-order chi connectivity index (χ0) is 35.4. The molecule has 9 rings (SSSR count). The molecule has 0 saturated carbocycles. The molecule has 0 fully saturated rings. The topological polar surface area (TPSA) is 0 Å². The molecule has 0 aliphatic heterocycles. The molecule has 8 aromatic rings. The van der Waals surface area contributed by atoms with Gasteiger partial charge in [-0.1, -0.05) is 171 Å². The quantitative estimate of drug-likeness (QED) is 0.166. The molecule has 0 spiro atoms. The van der Waals surface area contributed by atoms with Crippen LogP contribution in [-0.2, 0) is 16.2 Å². The molecule has 0 heterocycles. The highest BCUT2D eigenvalue weighted by molar-refractivity contribution is 6.26. The highest BCUT2D eigenvalue weighted by atomic mass is 14.4. The van der Waals surface area contributed by atoms with Crippen molar-refractivity contribution in [3.8, 4) is 44.5 Å². The summed E-state index contributed by atoms with van der Waals surface area (Å²) in [6, 6.07) is 51.1. The Kier molecular flexibility index (Phi) is 6.79. The van der Waals surface area contributed by atoms with Crippen molar-refractivity contribution in [3.05, 3.63) is 156 Å². The van der Waals surface area contributed by atoms with Gasteiger partial charge in [-0.15, -0.1) is 0 Å². The van der Waals surface area contributed by atoms with Crippen molar-refractivity contribution in [2.75, 3.05) is 0 Å². The lowest BCUT2D eigenvalue weighted by Crippen LogP contribution is -2.14. The molecule has 0 radical (unpaired) electrons. The van der Waals surface area contributed by atoms with Crippen molar-refractivity contribution in [3.63, 3.8) is 0 Å². The molecule has 1 aliphatic carbocycles. The summed E-state index contributed by atoms with van der Waals surface area (Å²) >= 11 is 0. The minimum Gasteiger partial charge on any atom is -0.0619 e. The second kappa shape index (κ2) is 10.9. The standard InChI is InChI=1S/C51H46/c1-49(2,3)39-25-36-21-22-37-26-40(50(4,5)6)30-44-43(28-38(27-39)47(36)48(37)44)34-19-17-32(18-20-34)31-13-15-33(16-14-31)35-23-24-42-41-11-9-10-12-45(41)51(7,8)46(42)29-35/h9-30H,1-8H3. The van der Waals surface area contributed by atoms with E-state index in [9.17, 15) is 0 Å². The fraction of sp³-hybridized carbons (Fsp3) is 0.216. The zero-order valence-electron chi connectivity index (χ0n) is 31.2. The van der Waals surface area contributed by atoms with Gasteiger partial charge in [0, 0.05) is 5.41 Å². The van der Waals surface area contributed by atoms with Gasteiger partial charge in [-0.2, -0.15) is 0 Å². The Labute approximate surface area is 303 Å². The van der Waals surface area contributed by atoms with Gasteiger partial charge in [-0.3, -0.25) is 0 Å². The van der Waals surface area contributed by atoms with E-state index in [1.807, 2.05) is 0 Å². The summed E-state index contributed by atoms with van der Waals surface area (Å²) in [6.45, 7) is 18.6. The van der Waals surface area contributed by atoms with E-state index in [-0.39, 0.29) is 16.2 Å². The summed E-state index contributed by atoms with van der Waals surface area (Å²) in [5.41, 5.74) is 16.0. The van der Waals surface area contributed by atoms with Crippen LogP contribution in [0.25, 0.3) is 76.8 Å². The van der Waals surface area contributed by atoms with Crippen LogP contribution in [0.15, 0.2) is 133 Å². The average Bonchev–Trinajstić information content (AvgIpc) is 3.35. The molecule has 0 N–H and O–H groups in total. The van der Waals surface area contributed by atoms with Crippen LogP contribution in [0.5, 0.6) is 0 Å². The van der Waals surface area contributed by atoms with E-state index < -0.39 is 0 Å². The van der Waals surface area contributed by atoms with Crippen molar-refractivity contribution >= 4 is 32.3 Å². The van der Waals surface area contributed by atoms with Crippen molar-refractivity contribution in [2.24, 2.45) is 0 Å². The molecular weight excluding hydrogens is 613 g/mol. The van der Waals surface area contributed by atoms with E-state index in [4.69, 9.17) is 0 Å². The van der Waals surface area contributed by atoms with E-state index in [2.05, 4.69) is 189 Å². The molecule has 0 bridgehead atoms. The molecule has 0 heteroatoms. The maximum atomic E-state index is 2.46. The van der Waals surface area contributed by atoms with Crippen molar-refractivity contribution in [1.29, 1.82) is 0 Å². The first-order chi connectivity index (χ1) is 24.3. The Morgan fingerprint density at radius 1 is 0.373 bits per heavy atom. The van der Waals surface area contributed by atoms with Crippen LogP contribution in [0.2, 0.25) is 0 Å². The third-order valence-electron chi connectivity index (χ3n) is 11.7. The predicted octanol–water partition coefficient (Wildman–Crippen LogP) is 14.5. The summed E-state index contributed by atoms with van der Waals surface area (Å²) in [5.74, 6) is 0. The summed E-state index contributed by atoms with van der Waals surface area (Å²) in [5, 5.41) is 8.09. The lowest BCUT2D eigenvalue weighted by atomic mass is 9.79. The van der Waals surface area contributed by atoms with Crippen LogP contribution < -0.4 is 0 Å². The molecule has 8 aromatic carbocycles. The monoisotopic (exact) mass is 658 g/mol. The third kappa shape index (κ3) is 5.02. The van der Waals surface area contributed by atoms with Gasteiger partial charge in [0.15, 0.2) is 0 Å². The molecule has 0 saturated heterocycles. The molecule has 0 nitrogen and oxygen atoms in total. The first-order valence-corrected chi connectivity index (χ1v) is 18.5. The molecular formula is C51H46. The lowest BCUT2D eigenvalue weighted by molar-refractivity contribution is 0.591. The molecule has 0 amide bonds. The zero-order valence-corrected chi connectivity index (χ0v) is 31.2. The Balaban J connectivity index is 1.10. The third-order valence-corrected chi connectivity index (χ3v) is 11.7. The van der Waals surface area contributed by atoms with E-state index in [0.29, 0.717) is 0 Å². The molecule has 1 aliphatic rings. The van der Waals surface area contributed by atoms with Crippen LogP contribution in [-0.4, -0.2) is 0 Å². The summed E-state index contributed by atoms with van der Waals surface area (Å²) in [6.07, 6.45) is 0. The largest absolute Gasteiger partial charge is 0.0619 e. The average molecular weight is 659 g/mol. The van der Waals surface area contributed by atoms with Crippen LogP contribution in [0.1, 0.15) is 77.6 Å². The summed E-state index contributed by atoms with van der Waals surface area (Å²) in [4.78, 5) is 0. The second-order valence-electron chi connectivity index (χ2n) is 17.5. The normalized spacial score (nSPS) is 14.0. The minimum atomic E-state index is 0.000703. The highest BCUT2D eigenvalue weighted by Crippen LogP contribution is 2.50. The van der Waals surface area contributed by atoms with Crippen molar-refractivity contribution in [2.45, 2.75) is 71.6 Å². The van der Waals surface area contributed by atoms with Crippen LogP contribution in [0.3, 0.4) is 0 Å². The molecule has 0 atom stereocenters.